The summed E-state index contributed by atoms with van der Waals surface area (Å²) in [6.07, 6.45) is 0.237. The van der Waals surface area contributed by atoms with E-state index < -0.39 is 5.97 Å². The van der Waals surface area contributed by atoms with Gasteiger partial charge in [0.15, 0.2) is 0 Å². The summed E-state index contributed by atoms with van der Waals surface area (Å²) in [5.74, 6) is -1.02. The topological polar surface area (TPSA) is 89.1 Å². The van der Waals surface area contributed by atoms with Crippen LogP contribution in [0.2, 0.25) is 0 Å². The third-order valence-corrected chi connectivity index (χ3v) is 1.85. The Labute approximate surface area is 78.3 Å². The fourth-order valence-corrected chi connectivity index (χ4v) is 1.60. The second-order valence-corrected chi connectivity index (χ2v) is 3.32. The van der Waals surface area contributed by atoms with Gasteiger partial charge in [0, 0.05) is 19.6 Å². The maximum absolute atomic E-state index is 10.3. The molecule has 0 aliphatic carbocycles. The summed E-state index contributed by atoms with van der Waals surface area (Å²) in [7, 11) is 0. The fraction of sp³-hybridized carbons (Fsp3) is 0.875. The second-order valence-electron chi connectivity index (χ2n) is 3.32. The molecule has 1 saturated heterocycles. The maximum atomic E-state index is 10.3. The highest BCUT2D eigenvalue weighted by Gasteiger charge is 2.21. The number of aliphatic carboxylic acids is 1. The molecule has 13 heavy (non-hydrogen) atoms. The van der Waals surface area contributed by atoms with Gasteiger partial charge in [-0.25, -0.2) is 0 Å². The van der Waals surface area contributed by atoms with Gasteiger partial charge in [-0.3, -0.25) is 4.90 Å². The summed E-state index contributed by atoms with van der Waals surface area (Å²) >= 11 is 0. The van der Waals surface area contributed by atoms with Gasteiger partial charge in [-0.2, -0.15) is 0 Å². The lowest BCUT2D eigenvalue weighted by molar-refractivity contribution is -0.307. The SMILES string of the molecule is CC1CN(CC(=O)[O-])CC(C)O1.[NH4+]. The molecule has 0 radical (unpaired) electrons. The summed E-state index contributed by atoms with van der Waals surface area (Å²) in [6, 6.07) is 0. The summed E-state index contributed by atoms with van der Waals surface area (Å²) in [6.45, 7) is 5.25. The summed E-state index contributed by atoms with van der Waals surface area (Å²) in [5, 5.41) is 10.3. The lowest BCUT2D eigenvalue weighted by atomic mass is 10.2. The van der Waals surface area contributed by atoms with Crippen LogP contribution in [0.3, 0.4) is 0 Å². The van der Waals surface area contributed by atoms with Crippen molar-refractivity contribution < 1.29 is 14.6 Å². The van der Waals surface area contributed by atoms with Crippen LogP contribution >= 0.6 is 0 Å². The summed E-state index contributed by atoms with van der Waals surface area (Å²) < 4.78 is 5.44. The third kappa shape index (κ3) is 4.21. The van der Waals surface area contributed by atoms with Crippen LogP contribution in [0.25, 0.3) is 0 Å². The normalized spacial score (nSPS) is 29.4. The molecule has 5 nitrogen and oxygen atoms in total. The molecule has 1 heterocycles. The van der Waals surface area contributed by atoms with E-state index in [0.29, 0.717) is 13.1 Å². The standard InChI is InChI=1S/C8H15NO3.H3N/c1-6-3-9(5-8(10)11)4-7(2)12-6;/h6-7H,3-5H2,1-2H3,(H,10,11);1H3. The van der Waals surface area contributed by atoms with Crippen molar-refractivity contribution in [1.29, 1.82) is 0 Å². The first-order valence-corrected chi connectivity index (χ1v) is 4.15. The highest BCUT2D eigenvalue weighted by Crippen LogP contribution is 2.09. The largest absolute Gasteiger partial charge is 0.549 e. The van der Waals surface area contributed by atoms with E-state index in [2.05, 4.69) is 0 Å². The Kier molecular flexibility index (Phi) is 4.90. The zero-order chi connectivity index (χ0) is 9.14. The second kappa shape index (κ2) is 5.16. The average Bonchev–Trinajstić information content (AvgIpc) is 1.81. The lowest BCUT2D eigenvalue weighted by Gasteiger charge is -2.35. The number of rotatable bonds is 2. The Balaban J connectivity index is 0.00000144. The van der Waals surface area contributed by atoms with E-state index in [1.807, 2.05) is 18.7 Å². The van der Waals surface area contributed by atoms with Crippen molar-refractivity contribution in [3.63, 3.8) is 0 Å². The number of quaternary nitrogens is 1. The first kappa shape index (κ1) is 12.3. The van der Waals surface area contributed by atoms with Gasteiger partial charge < -0.3 is 20.8 Å². The van der Waals surface area contributed by atoms with Gasteiger partial charge in [-0.15, -0.1) is 0 Å². The molecule has 0 aromatic carbocycles. The highest BCUT2D eigenvalue weighted by molar-refractivity contribution is 5.66. The van der Waals surface area contributed by atoms with Crippen molar-refractivity contribution >= 4 is 5.97 Å². The lowest BCUT2D eigenvalue weighted by Crippen LogP contribution is -2.49. The van der Waals surface area contributed by atoms with Gasteiger partial charge in [0.2, 0.25) is 0 Å². The van der Waals surface area contributed by atoms with E-state index in [1.54, 1.807) is 0 Å². The molecular formula is C8H18N2O3. The van der Waals surface area contributed by atoms with Crippen molar-refractivity contribution in [3.05, 3.63) is 0 Å². The molecule has 0 bridgehead atoms. The number of carbonyl (C=O) groups is 1. The van der Waals surface area contributed by atoms with Gasteiger partial charge in [0.25, 0.3) is 0 Å². The van der Waals surface area contributed by atoms with Crippen LogP contribution in [0.15, 0.2) is 0 Å². The van der Waals surface area contributed by atoms with Gasteiger partial charge in [-0.1, -0.05) is 0 Å². The number of ether oxygens (including phenoxy) is 1. The van der Waals surface area contributed by atoms with E-state index in [1.165, 1.54) is 0 Å². The molecule has 2 atom stereocenters. The van der Waals surface area contributed by atoms with Gasteiger partial charge in [0.05, 0.1) is 18.2 Å². The minimum absolute atomic E-state index is 0. The molecule has 0 spiro atoms. The monoisotopic (exact) mass is 190 g/mol. The zero-order valence-electron chi connectivity index (χ0n) is 8.45. The van der Waals surface area contributed by atoms with Crippen molar-refractivity contribution in [2.75, 3.05) is 19.6 Å². The molecule has 4 N–H and O–H groups in total. The molecule has 1 rings (SSSR count). The van der Waals surface area contributed by atoms with Crippen molar-refractivity contribution in [2.24, 2.45) is 0 Å². The predicted molar refractivity (Wildman–Crippen MR) is 47.4 cm³/mol. The first-order valence-electron chi connectivity index (χ1n) is 4.15. The molecule has 1 aliphatic heterocycles. The van der Waals surface area contributed by atoms with Crippen LogP contribution in [0.4, 0.5) is 0 Å². The highest BCUT2D eigenvalue weighted by atomic mass is 16.5. The van der Waals surface area contributed by atoms with Gasteiger partial charge in [0.1, 0.15) is 0 Å². The molecule has 1 aliphatic rings. The van der Waals surface area contributed by atoms with E-state index in [4.69, 9.17) is 4.74 Å². The van der Waals surface area contributed by atoms with Crippen LogP contribution in [0.5, 0.6) is 0 Å². The minimum atomic E-state index is -1.02. The Morgan fingerprint density at radius 3 is 2.31 bits per heavy atom. The number of carbonyl (C=O) groups excluding carboxylic acids is 1. The first-order chi connectivity index (χ1) is 5.58. The number of carboxylic acids is 1. The van der Waals surface area contributed by atoms with Gasteiger partial charge in [-0.05, 0) is 13.8 Å². The average molecular weight is 190 g/mol. The molecule has 0 aromatic rings. The van der Waals surface area contributed by atoms with Crippen LogP contribution < -0.4 is 11.3 Å². The molecule has 78 valence electrons. The van der Waals surface area contributed by atoms with E-state index in [0.717, 1.165) is 0 Å². The van der Waals surface area contributed by atoms with Crippen molar-refractivity contribution in [1.82, 2.24) is 11.1 Å². The Hall–Kier alpha value is -0.650. The Morgan fingerprint density at radius 2 is 1.92 bits per heavy atom. The molecule has 0 amide bonds. The molecule has 2 unspecified atom stereocenters. The molecule has 0 saturated carbocycles. The van der Waals surface area contributed by atoms with Crippen LogP contribution in [0, 0.1) is 0 Å². The van der Waals surface area contributed by atoms with E-state index in [-0.39, 0.29) is 24.9 Å². The zero-order valence-corrected chi connectivity index (χ0v) is 8.45. The van der Waals surface area contributed by atoms with Crippen molar-refractivity contribution in [3.8, 4) is 0 Å². The smallest absolute Gasteiger partial charge is 0.0678 e. The number of nitrogens with zero attached hydrogens (tertiary/aromatic N) is 1. The molecule has 0 aromatic heterocycles. The molecular weight excluding hydrogens is 172 g/mol. The van der Waals surface area contributed by atoms with E-state index >= 15 is 0 Å². The number of hydrogen-bond donors (Lipinski definition) is 1. The van der Waals surface area contributed by atoms with Crippen molar-refractivity contribution in [2.45, 2.75) is 26.1 Å². The Morgan fingerprint density at radius 1 is 1.46 bits per heavy atom. The summed E-state index contributed by atoms with van der Waals surface area (Å²) in [5.41, 5.74) is 0. The maximum Gasteiger partial charge on any atom is 0.0678 e. The number of morpholine rings is 1. The number of hydrogen-bond acceptors (Lipinski definition) is 4. The third-order valence-electron chi connectivity index (χ3n) is 1.85. The quantitative estimate of drug-likeness (QED) is 0.618. The van der Waals surface area contributed by atoms with Crippen LogP contribution in [-0.4, -0.2) is 42.7 Å². The Bertz CT molecular complexity index is 165. The number of carboxylic acid groups (broad SMARTS) is 1. The molecule has 1 fully saturated rings. The fourth-order valence-electron chi connectivity index (χ4n) is 1.60. The van der Waals surface area contributed by atoms with E-state index in [9.17, 15) is 9.90 Å². The van der Waals surface area contributed by atoms with Crippen LogP contribution in [0.1, 0.15) is 13.8 Å². The molecule has 5 heteroatoms. The minimum Gasteiger partial charge on any atom is -0.549 e. The van der Waals surface area contributed by atoms with Crippen LogP contribution in [-0.2, 0) is 9.53 Å². The van der Waals surface area contributed by atoms with Gasteiger partial charge >= 0.3 is 0 Å². The predicted octanol–water partition coefficient (Wildman–Crippen LogP) is -0.778. The summed E-state index contributed by atoms with van der Waals surface area (Å²) in [4.78, 5) is 12.1.